The first-order valence-electron chi connectivity index (χ1n) is 7.13. The molecule has 2 aromatic rings. The summed E-state index contributed by atoms with van der Waals surface area (Å²) in [5, 5.41) is 2.91. The van der Waals surface area contributed by atoms with Gasteiger partial charge in [-0.1, -0.05) is 6.07 Å². The van der Waals surface area contributed by atoms with Gasteiger partial charge in [-0.15, -0.1) is 0 Å². The van der Waals surface area contributed by atoms with Crippen molar-refractivity contribution in [3.8, 4) is 0 Å². The number of piperidine rings is 1. The second-order valence-corrected chi connectivity index (χ2v) is 5.88. The second-order valence-electron chi connectivity index (χ2n) is 5.16. The topological polar surface area (TPSA) is 45.5 Å². The lowest BCUT2D eigenvalue weighted by molar-refractivity contribution is 0.102. The molecule has 0 spiro atoms. The number of hydrogen-bond donors (Lipinski definition) is 1. The first-order valence-corrected chi connectivity index (χ1v) is 7.93. The van der Waals surface area contributed by atoms with Gasteiger partial charge in [0.1, 0.15) is 0 Å². The molecule has 21 heavy (non-hydrogen) atoms. The molecule has 4 nitrogen and oxygen atoms in total. The predicted octanol–water partition coefficient (Wildman–Crippen LogP) is 4.28. The van der Waals surface area contributed by atoms with Gasteiger partial charge < -0.3 is 14.6 Å². The van der Waals surface area contributed by atoms with E-state index in [-0.39, 0.29) is 5.91 Å². The zero-order valence-corrected chi connectivity index (χ0v) is 13.2. The van der Waals surface area contributed by atoms with Gasteiger partial charge in [0.25, 0.3) is 5.91 Å². The van der Waals surface area contributed by atoms with Gasteiger partial charge in [0.05, 0.1) is 11.8 Å². The third-order valence-electron chi connectivity index (χ3n) is 3.69. The summed E-state index contributed by atoms with van der Waals surface area (Å²) in [6.45, 7) is 2.18. The lowest BCUT2D eigenvalue weighted by atomic mass is 10.1. The number of hydrogen-bond acceptors (Lipinski definition) is 3. The highest BCUT2D eigenvalue weighted by Gasteiger charge is 2.14. The van der Waals surface area contributed by atoms with Crippen molar-refractivity contribution in [1.29, 1.82) is 0 Å². The van der Waals surface area contributed by atoms with Crippen molar-refractivity contribution in [2.24, 2.45) is 0 Å². The van der Waals surface area contributed by atoms with Crippen molar-refractivity contribution in [3.63, 3.8) is 0 Å². The molecule has 1 aliphatic heterocycles. The Morgan fingerprint density at radius 1 is 1.19 bits per heavy atom. The molecule has 0 radical (unpaired) electrons. The fraction of sp³-hybridized carbons (Fsp3) is 0.312. The maximum Gasteiger partial charge on any atom is 0.260 e. The van der Waals surface area contributed by atoms with E-state index in [1.165, 1.54) is 31.2 Å². The molecule has 1 saturated heterocycles. The summed E-state index contributed by atoms with van der Waals surface area (Å²) in [6, 6.07) is 9.64. The van der Waals surface area contributed by atoms with Crippen LogP contribution in [0.5, 0.6) is 0 Å². The smallest absolute Gasteiger partial charge is 0.260 e. The summed E-state index contributed by atoms with van der Waals surface area (Å²) < 4.78 is 5.54. The number of carbonyl (C=O) groups excluding carboxylic acids is 1. The predicted molar refractivity (Wildman–Crippen MR) is 86.9 cm³/mol. The van der Waals surface area contributed by atoms with Crippen LogP contribution in [0.25, 0.3) is 0 Å². The Kier molecular flexibility index (Phi) is 4.29. The highest BCUT2D eigenvalue weighted by Crippen LogP contribution is 2.24. The third kappa shape index (κ3) is 3.29. The molecule has 5 heteroatoms. The van der Waals surface area contributed by atoms with Crippen molar-refractivity contribution in [2.75, 3.05) is 23.3 Å². The van der Waals surface area contributed by atoms with Gasteiger partial charge in [-0.25, -0.2) is 0 Å². The van der Waals surface area contributed by atoms with E-state index in [2.05, 4.69) is 32.2 Å². The summed E-state index contributed by atoms with van der Waals surface area (Å²) in [6.07, 6.45) is 5.27. The number of amides is 1. The van der Waals surface area contributed by atoms with Crippen LogP contribution in [-0.2, 0) is 0 Å². The van der Waals surface area contributed by atoms with Crippen LogP contribution in [0.4, 0.5) is 11.4 Å². The van der Waals surface area contributed by atoms with E-state index >= 15 is 0 Å². The van der Waals surface area contributed by atoms with E-state index in [0.717, 1.165) is 18.8 Å². The van der Waals surface area contributed by atoms with Crippen molar-refractivity contribution in [1.82, 2.24) is 0 Å². The van der Waals surface area contributed by atoms with E-state index in [4.69, 9.17) is 4.42 Å². The molecule has 0 unspecified atom stereocenters. The molecule has 1 aliphatic rings. The standard InChI is InChI=1S/C16H17BrN2O2/c17-15-14(7-10-21-15)16(20)18-12-5-4-6-13(11-12)19-8-2-1-3-9-19/h4-7,10-11H,1-3,8-9H2,(H,18,20). The Morgan fingerprint density at radius 2 is 2.00 bits per heavy atom. The lowest BCUT2D eigenvalue weighted by Crippen LogP contribution is -2.29. The zero-order chi connectivity index (χ0) is 14.7. The number of rotatable bonds is 3. The molecule has 1 N–H and O–H groups in total. The molecule has 0 aliphatic carbocycles. The van der Waals surface area contributed by atoms with Gasteiger partial charge in [0, 0.05) is 24.5 Å². The van der Waals surface area contributed by atoms with Crippen LogP contribution in [0.3, 0.4) is 0 Å². The van der Waals surface area contributed by atoms with E-state index in [1.807, 2.05) is 18.2 Å². The number of carbonyl (C=O) groups is 1. The summed E-state index contributed by atoms with van der Waals surface area (Å²) in [4.78, 5) is 14.5. The number of nitrogens with one attached hydrogen (secondary N) is 1. The molecule has 3 rings (SSSR count). The molecule has 0 atom stereocenters. The van der Waals surface area contributed by atoms with Gasteiger partial charge in [-0.3, -0.25) is 4.79 Å². The minimum atomic E-state index is -0.175. The molecule has 0 saturated carbocycles. The van der Waals surface area contributed by atoms with E-state index < -0.39 is 0 Å². The number of halogens is 1. The van der Waals surface area contributed by atoms with Crippen LogP contribution >= 0.6 is 15.9 Å². The normalized spacial score (nSPS) is 15.0. The fourth-order valence-electron chi connectivity index (χ4n) is 2.59. The summed E-state index contributed by atoms with van der Waals surface area (Å²) in [5.74, 6) is -0.175. The van der Waals surface area contributed by atoms with Crippen molar-refractivity contribution in [2.45, 2.75) is 19.3 Å². The first-order chi connectivity index (χ1) is 10.2. The van der Waals surface area contributed by atoms with Crippen molar-refractivity contribution >= 4 is 33.2 Å². The Hall–Kier alpha value is -1.75. The molecular weight excluding hydrogens is 332 g/mol. The highest BCUT2D eigenvalue weighted by molar-refractivity contribution is 9.10. The number of furan rings is 1. The molecule has 1 aromatic heterocycles. The maximum atomic E-state index is 12.2. The Balaban J connectivity index is 1.74. The summed E-state index contributed by atoms with van der Waals surface area (Å²) in [7, 11) is 0. The van der Waals surface area contributed by atoms with Crippen LogP contribution in [0.1, 0.15) is 29.6 Å². The number of benzene rings is 1. The first kappa shape index (κ1) is 14.2. The quantitative estimate of drug-likeness (QED) is 0.899. The molecule has 2 heterocycles. The van der Waals surface area contributed by atoms with Gasteiger partial charge >= 0.3 is 0 Å². The van der Waals surface area contributed by atoms with Crippen LogP contribution in [0.2, 0.25) is 0 Å². The fourth-order valence-corrected chi connectivity index (χ4v) is 3.01. The average Bonchev–Trinajstić information content (AvgIpc) is 2.95. The Labute approximate surface area is 132 Å². The van der Waals surface area contributed by atoms with Gasteiger partial charge in [0.2, 0.25) is 0 Å². The monoisotopic (exact) mass is 348 g/mol. The largest absolute Gasteiger partial charge is 0.457 e. The van der Waals surface area contributed by atoms with Crippen molar-refractivity contribution < 1.29 is 9.21 Å². The average molecular weight is 349 g/mol. The number of nitrogens with zero attached hydrogens (tertiary/aromatic N) is 1. The van der Waals surface area contributed by atoms with E-state index in [0.29, 0.717) is 10.2 Å². The Bertz CT molecular complexity index is 633. The molecular formula is C16H17BrN2O2. The van der Waals surface area contributed by atoms with Gasteiger partial charge in [0.15, 0.2) is 4.67 Å². The summed E-state index contributed by atoms with van der Waals surface area (Å²) in [5.41, 5.74) is 2.47. The van der Waals surface area contributed by atoms with E-state index in [1.54, 1.807) is 6.07 Å². The lowest BCUT2D eigenvalue weighted by Gasteiger charge is -2.29. The van der Waals surface area contributed by atoms with Gasteiger partial charge in [-0.05, 0) is 59.5 Å². The minimum Gasteiger partial charge on any atom is -0.457 e. The maximum absolute atomic E-state index is 12.2. The van der Waals surface area contributed by atoms with Gasteiger partial charge in [-0.2, -0.15) is 0 Å². The molecule has 1 aromatic carbocycles. The van der Waals surface area contributed by atoms with Crippen LogP contribution in [-0.4, -0.2) is 19.0 Å². The molecule has 1 fully saturated rings. The second kappa shape index (κ2) is 6.35. The molecule has 0 bridgehead atoms. The third-order valence-corrected chi connectivity index (χ3v) is 4.30. The SMILES string of the molecule is O=C(Nc1cccc(N2CCCCC2)c1)c1ccoc1Br. The van der Waals surface area contributed by atoms with E-state index in [9.17, 15) is 4.79 Å². The van der Waals surface area contributed by atoms with Crippen LogP contribution in [0, 0.1) is 0 Å². The minimum absolute atomic E-state index is 0.175. The highest BCUT2D eigenvalue weighted by atomic mass is 79.9. The molecule has 1 amide bonds. The van der Waals surface area contributed by atoms with Crippen LogP contribution < -0.4 is 10.2 Å². The molecule has 110 valence electrons. The van der Waals surface area contributed by atoms with Crippen molar-refractivity contribution in [3.05, 3.63) is 46.8 Å². The zero-order valence-electron chi connectivity index (χ0n) is 11.6. The Morgan fingerprint density at radius 3 is 2.71 bits per heavy atom. The van der Waals surface area contributed by atoms with Crippen LogP contribution in [0.15, 0.2) is 45.7 Å². The number of anilines is 2. The summed E-state index contributed by atoms with van der Waals surface area (Å²) >= 11 is 3.22.